The van der Waals surface area contributed by atoms with Gasteiger partial charge in [-0.2, -0.15) is 0 Å². The van der Waals surface area contributed by atoms with Gasteiger partial charge >= 0.3 is 5.97 Å². The van der Waals surface area contributed by atoms with E-state index in [1.54, 1.807) is 20.2 Å². The summed E-state index contributed by atoms with van der Waals surface area (Å²) < 4.78 is 4.88. The Balaban J connectivity index is 1.75. The zero-order valence-electron chi connectivity index (χ0n) is 16.6. The second kappa shape index (κ2) is 11.1. The number of nitrogens with zero attached hydrogens (tertiary/aromatic N) is 2. The molecule has 0 spiro atoms. The van der Waals surface area contributed by atoms with Crippen LogP contribution in [-0.4, -0.2) is 63.0 Å². The minimum absolute atomic E-state index is 0.122. The average molecular weight is 387 g/mol. The van der Waals surface area contributed by atoms with Gasteiger partial charge in [0.05, 0.1) is 6.54 Å². The number of hydrogen-bond donors (Lipinski definition) is 1. The van der Waals surface area contributed by atoms with Crippen LogP contribution in [0.5, 0.6) is 0 Å². The quantitative estimate of drug-likeness (QED) is 0.570. The summed E-state index contributed by atoms with van der Waals surface area (Å²) in [5, 5.41) is 2.40. The summed E-state index contributed by atoms with van der Waals surface area (Å²) in [6.45, 7) is 1.63. The lowest BCUT2D eigenvalue weighted by Crippen LogP contribution is -2.38. The number of benzene rings is 1. The number of carbonyl (C=O) groups excluding carboxylic acids is 3. The molecule has 1 heterocycles. The Hall–Kier alpha value is -2.83. The summed E-state index contributed by atoms with van der Waals surface area (Å²) in [7, 11) is 3.19. The van der Waals surface area contributed by atoms with Crippen molar-refractivity contribution in [2.45, 2.75) is 25.7 Å². The summed E-state index contributed by atoms with van der Waals surface area (Å²) in [6, 6.07) is 8.05. The highest BCUT2D eigenvalue weighted by atomic mass is 16.5. The number of hydrogen-bond acceptors (Lipinski definition) is 5. The standard InChI is InChI=1S/C21H29N3O4/c1-23(2)20(26)15-22-19(25)16-28-21(27)12-9-17-7-10-18(11-8-17)24-13-5-3-4-6-14-24/h7-12H,3-6,13-16H2,1-2H3,(H,22,25)/b12-9+. The van der Waals surface area contributed by atoms with Gasteiger partial charge in [-0.15, -0.1) is 0 Å². The summed E-state index contributed by atoms with van der Waals surface area (Å²) in [5.74, 6) is -1.35. The fourth-order valence-corrected chi connectivity index (χ4v) is 2.86. The molecule has 0 unspecified atom stereocenters. The normalized spacial score (nSPS) is 14.4. The van der Waals surface area contributed by atoms with Crippen LogP contribution in [-0.2, 0) is 19.1 Å². The van der Waals surface area contributed by atoms with Crippen molar-refractivity contribution in [3.63, 3.8) is 0 Å². The molecule has 0 saturated carbocycles. The number of likely N-dealkylation sites (N-methyl/N-ethyl adjacent to an activating group) is 1. The number of amides is 2. The first kappa shape index (κ1) is 21.5. The maximum absolute atomic E-state index is 11.7. The fourth-order valence-electron chi connectivity index (χ4n) is 2.86. The van der Waals surface area contributed by atoms with Crippen LogP contribution in [0.1, 0.15) is 31.2 Å². The van der Waals surface area contributed by atoms with Gasteiger partial charge in [-0.1, -0.05) is 25.0 Å². The van der Waals surface area contributed by atoms with Crippen molar-refractivity contribution in [1.29, 1.82) is 0 Å². The number of nitrogens with one attached hydrogen (secondary N) is 1. The number of carbonyl (C=O) groups is 3. The predicted molar refractivity (Wildman–Crippen MR) is 109 cm³/mol. The highest BCUT2D eigenvalue weighted by Gasteiger charge is 2.10. The van der Waals surface area contributed by atoms with E-state index in [9.17, 15) is 14.4 Å². The highest BCUT2D eigenvalue weighted by molar-refractivity contribution is 5.90. The molecule has 2 amide bonds. The van der Waals surface area contributed by atoms with Crippen LogP contribution in [0, 0.1) is 0 Å². The topological polar surface area (TPSA) is 79.0 Å². The maximum atomic E-state index is 11.7. The van der Waals surface area contributed by atoms with Crippen molar-refractivity contribution in [2.75, 3.05) is 45.2 Å². The third-order valence-electron chi connectivity index (χ3n) is 4.56. The van der Waals surface area contributed by atoms with Crippen LogP contribution < -0.4 is 10.2 Å². The smallest absolute Gasteiger partial charge is 0.331 e. The molecule has 1 saturated heterocycles. The molecule has 28 heavy (non-hydrogen) atoms. The van der Waals surface area contributed by atoms with Gasteiger partial charge in [0.25, 0.3) is 5.91 Å². The fraction of sp³-hybridized carbons (Fsp3) is 0.476. The molecule has 1 fully saturated rings. The summed E-state index contributed by atoms with van der Waals surface area (Å²) >= 11 is 0. The Morgan fingerprint density at radius 3 is 2.32 bits per heavy atom. The number of anilines is 1. The first-order valence-corrected chi connectivity index (χ1v) is 9.62. The number of ether oxygens (including phenoxy) is 1. The lowest BCUT2D eigenvalue weighted by molar-refractivity contribution is -0.144. The van der Waals surface area contributed by atoms with Crippen molar-refractivity contribution in [3.05, 3.63) is 35.9 Å². The van der Waals surface area contributed by atoms with Crippen molar-refractivity contribution >= 4 is 29.5 Å². The van der Waals surface area contributed by atoms with Gasteiger partial charge in [0.2, 0.25) is 5.91 Å². The third kappa shape index (κ3) is 7.42. The Bertz CT molecular complexity index is 690. The molecule has 0 radical (unpaired) electrons. The Labute approximate surface area is 166 Å². The third-order valence-corrected chi connectivity index (χ3v) is 4.56. The summed E-state index contributed by atoms with van der Waals surface area (Å²) in [5.41, 5.74) is 2.09. The highest BCUT2D eigenvalue weighted by Crippen LogP contribution is 2.20. The molecule has 7 heteroatoms. The lowest BCUT2D eigenvalue weighted by Gasteiger charge is -2.22. The minimum atomic E-state index is -0.606. The molecule has 0 bridgehead atoms. The van der Waals surface area contributed by atoms with E-state index in [1.807, 2.05) is 12.1 Å². The predicted octanol–water partition coefficient (Wildman–Crippen LogP) is 1.83. The first-order chi connectivity index (χ1) is 13.5. The average Bonchev–Trinajstić information content (AvgIpc) is 2.98. The van der Waals surface area contributed by atoms with Crippen molar-refractivity contribution in [2.24, 2.45) is 0 Å². The Morgan fingerprint density at radius 2 is 1.71 bits per heavy atom. The number of rotatable bonds is 7. The SMILES string of the molecule is CN(C)C(=O)CNC(=O)COC(=O)/C=C/c1ccc(N2CCCCCC2)cc1. The Morgan fingerprint density at radius 1 is 1.07 bits per heavy atom. The molecular weight excluding hydrogens is 358 g/mol. The molecule has 152 valence electrons. The molecular formula is C21H29N3O4. The maximum Gasteiger partial charge on any atom is 0.331 e. The molecule has 1 aliphatic rings. The van der Waals surface area contributed by atoms with Crippen molar-refractivity contribution in [1.82, 2.24) is 10.2 Å². The molecule has 7 nitrogen and oxygen atoms in total. The van der Waals surface area contributed by atoms with Gasteiger partial charge in [-0.05, 0) is 36.6 Å². The van der Waals surface area contributed by atoms with E-state index >= 15 is 0 Å². The second-order valence-corrected chi connectivity index (χ2v) is 7.00. The van der Waals surface area contributed by atoms with Crippen LogP contribution in [0.3, 0.4) is 0 Å². The molecule has 1 aliphatic heterocycles. The zero-order valence-corrected chi connectivity index (χ0v) is 16.6. The molecule has 0 aromatic heterocycles. The van der Waals surface area contributed by atoms with Crippen molar-refractivity contribution in [3.8, 4) is 0 Å². The summed E-state index contributed by atoms with van der Waals surface area (Å²) in [6.07, 6.45) is 7.99. The van der Waals surface area contributed by atoms with Crippen LogP contribution in [0.15, 0.2) is 30.3 Å². The minimum Gasteiger partial charge on any atom is -0.452 e. The van der Waals surface area contributed by atoms with Gasteiger partial charge in [-0.3, -0.25) is 9.59 Å². The molecule has 0 aliphatic carbocycles. The van der Waals surface area contributed by atoms with Gasteiger partial charge in [0.1, 0.15) is 0 Å². The van der Waals surface area contributed by atoms with E-state index in [-0.39, 0.29) is 12.5 Å². The van der Waals surface area contributed by atoms with Crippen LogP contribution in [0.2, 0.25) is 0 Å². The Kier molecular flexibility index (Phi) is 8.52. The largest absolute Gasteiger partial charge is 0.452 e. The van der Waals surface area contributed by atoms with Gasteiger partial charge < -0.3 is 19.9 Å². The van der Waals surface area contributed by atoms with E-state index in [0.717, 1.165) is 18.7 Å². The van der Waals surface area contributed by atoms with Crippen LogP contribution >= 0.6 is 0 Å². The molecule has 2 rings (SSSR count). The van der Waals surface area contributed by atoms with Crippen LogP contribution in [0.4, 0.5) is 5.69 Å². The summed E-state index contributed by atoms with van der Waals surface area (Å²) in [4.78, 5) is 38.5. The molecule has 1 aromatic carbocycles. The van der Waals surface area contributed by atoms with Crippen molar-refractivity contribution < 1.29 is 19.1 Å². The van der Waals surface area contributed by atoms with Gasteiger partial charge in [0.15, 0.2) is 6.61 Å². The first-order valence-electron chi connectivity index (χ1n) is 9.62. The van der Waals surface area contributed by atoms with Gasteiger partial charge in [-0.25, -0.2) is 4.79 Å². The molecule has 0 atom stereocenters. The second-order valence-electron chi connectivity index (χ2n) is 7.00. The lowest BCUT2D eigenvalue weighted by atomic mass is 10.1. The van der Waals surface area contributed by atoms with E-state index in [2.05, 4.69) is 22.3 Å². The molecule has 1 aromatic rings. The zero-order chi connectivity index (χ0) is 20.4. The van der Waals surface area contributed by atoms with E-state index in [1.165, 1.54) is 42.3 Å². The van der Waals surface area contributed by atoms with E-state index in [0.29, 0.717) is 0 Å². The number of esters is 1. The van der Waals surface area contributed by atoms with Gasteiger partial charge in [0, 0.05) is 38.9 Å². The van der Waals surface area contributed by atoms with Crippen LogP contribution in [0.25, 0.3) is 6.08 Å². The molecule has 1 N–H and O–H groups in total. The van der Waals surface area contributed by atoms with E-state index in [4.69, 9.17) is 4.74 Å². The van der Waals surface area contributed by atoms with E-state index < -0.39 is 18.5 Å². The monoisotopic (exact) mass is 387 g/mol.